The zero-order chi connectivity index (χ0) is 9.26. The Hall–Kier alpha value is -0.860. The second-order valence-corrected chi connectivity index (χ2v) is 3.99. The Morgan fingerprint density at radius 1 is 1.54 bits per heavy atom. The van der Waals surface area contributed by atoms with Gasteiger partial charge in [0.1, 0.15) is 6.33 Å². The molecule has 3 heteroatoms. The molecule has 2 rings (SSSR count). The van der Waals surface area contributed by atoms with Crippen LogP contribution in [0.2, 0.25) is 0 Å². The van der Waals surface area contributed by atoms with Gasteiger partial charge in [0.2, 0.25) is 0 Å². The lowest BCUT2D eigenvalue weighted by molar-refractivity contribution is 0.161. The smallest absolute Gasteiger partial charge is 0.151 e. The van der Waals surface area contributed by atoms with Crippen LogP contribution in [0.3, 0.4) is 0 Å². The molecule has 0 unspecified atom stereocenters. The van der Waals surface area contributed by atoms with E-state index in [0.717, 1.165) is 18.4 Å². The first-order valence-corrected chi connectivity index (χ1v) is 4.99. The summed E-state index contributed by atoms with van der Waals surface area (Å²) in [5, 5.41) is 4.18. The van der Waals surface area contributed by atoms with Crippen LogP contribution >= 0.6 is 0 Å². The molecule has 0 saturated heterocycles. The van der Waals surface area contributed by atoms with Gasteiger partial charge in [-0.1, -0.05) is 13.3 Å². The van der Waals surface area contributed by atoms with Crippen LogP contribution in [0.15, 0.2) is 6.33 Å². The Morgan fingerprint density at radius 3 is 2.85 bits per heavy atom. The van der Waals surface area contributed by atoms with Crippen LogP contribution in [0.25, 0.3) is 0 Å². The van der Waals surface area contributed by atoms with Crippen LogP contribution in [-0.4, -0.2) is 14.8 Å². The third kappa shape index (κ3) is 1.90. The third-order valence-corrected chi connectivity index (χ3v) is 2.94. The third-order valence-electron chi connectivity index (χ3n) is 2.94. The average Bonchev–Trinajstić information content (AvgIpc) is 2.43. The summed E-state index contributed by atoms with van der Waals surface area (Å²) in [5.41, 5.74) is 0. The molecule has 1 aromatic heterocycles. The molecule has 0 aliphatic heterocycles. The molecule has 13 heavy (non-hydrogen) atoms. The molecule has 0 aromatic carbocycles. The van der Waals surface area contributed by atoms with Crippen molar-refractivity contribution in [1.82, 2.24) is 14.8 Å². The molecule has 0 atom stereocenters. The summed E-state index contributed by atoms with van der Waals surface area (Å²) in [7, 11) is 0. The second-order valence-electron chi connectivity index (χ2n) is 3.99. The molecule has 1 aliphatic rings. The van der Waals surface area contributed by atoms with Gasteiger partial charge in [0, 0.05) is 13.5 Å². The molecule has 0 amide bonds. The summed E-state index contributed by atoms with van der Waals surface area (Å²) >= 11 is 0. The van der Waals surface area contributed by atoms with Gasteiger partial charge < -0.3 is 0 Å². The van der Waals surface area contributed by atoms with Gasteiger partial charge in [-0.25, -0.2) is 4.98 Å². The summed E-state index contributed by atoms with van der Waals surface area (Å²) in [6.07, 6.45) is 5.84. The van der Waals surface area contributed by atoms with Gasteiger partial charge in [0.25, 0.3) is 0 Å². The zero-order valence-corrected chi connectivity index (χ0v) is 8.11. The van der Waals surface area contributed by atoms with E-state index in [1.54, 1.807) is 6.33 Å². The number of hydrogen-bond donors (Lipinski definition) is 0. The maximum atomic E-state index is 4.18. The van der Waals surface area contributed by atoms with Crippen LogP contribution in [-0.2, 0) is 6.54 Å². The first-order chi connectivity index (χ1) is 6.28. The van der Waals surface area contributed by atoms with Crippen molar-refractivity contribution in [2.45, 2.75) is 32.7 Å². The SMILES string of the molecule is [CH2]c1ncn(CC2CC(CC)C2)n1. The molecule has 1 aromatic rings. The van der Waals surface area contributed by atoms with E-state index in [1.807, 2.05) is 4.68 Å². The summed E-state index contributed by atoms with van der Waals surface area (Å²) in [4.78, 5) is 4.01. The van der Waals surface area contributed by atoms with E-state index in [2.05, 4.69) is 23.9 Å². The van der Waals surface area contributed by atoms with Crippen LogP contribution in [0, 0.1) is 18.8 Å². The number of nitrogens with zero attached hydrogens (tertiary/aromatic N) is 3. The predicted molar refractivity (Wildman–Crippen MR) is 51.0 cm³/mol. The quantitative estimate of drug-likeness (QED) is 0.707. The lowest BCUT2D eigenvalue weighted by Crippen LogP contribution is -2.27. The van der Waals surface area contributed by atoms with Crippen molar-refractivity contribution in [3.63, 3.8) is 0 Å². The standard InChI is InChI=1S/C10H16N3/c1-3-9-4-10(5-9)6-13-7-11-8(2)12-13/h7,9-10H,2-6H2,1H3. The predicted octanol–water partition coefficient (Wildman–Crippen LogP) is 1.90. The maximum absolute atomic E-state index is 4.18. The van der Waals surface area contributed by atoms with Crippen LogP contribution in [0.1, 0.15) is 32.0 Å². The molecular weight excluding hydrogens is 162 g/mol. The van der Waals surface area contributed by atoms with E-state index in [0.29, 0.717) is 5.82 Å². The van der Waals surface area contributed by atoms with E-state index >= 15 is 0 Å². The van der Waals surface area contributed by atoms with Gasteiger partial charge in [0.05, 0.1) is 0 Å². The molecule has 3 nitrogen and oxygen atoms in total. The lowest BCUT2D eigenvalue weighted by atomic mass is 9.74. The Balaban J connectivity index is 1.81. The minimum Gasteiger partial charge on any atom is -0.252 e. The minimum atomic E-state index is 0.631. The van der Waals surface area contributed by atoms with Gasteiger partial charge in [-0.3, -0.25) is 4.68 Å². The van der Waals surface area contributed by atoms with Crippen molar-refractivity contribution in [3.05, 3.63) is 19.1 Å². The average molecular weight is 178 g/mol. The fourth-order valence-electron chi connectivity index (χ4n) is 2.04. The van der Waals surface area contributed by atoms with Crippen molar-refractivity contribution in [1.29, 1.82) is 0 Å². The van der Waals surface area contributed by atoms with E-state index in [9.17, 15) is 0 Å². The number of hydrogen-bond acceptors (Lipinski definition) is 2. The molecule has 1 fully saturated rings. The Labute approximate surface area is 79.2 Å². The highest BCUT2D eigenvalue weighted by molar-refractivity contribution is 4.86. The summed E-state index contributed by atoms with van der Waals surface area (Å²) in [6.45, 7) is 6.98. The first kappa shape index (κ1) is 8.73. The molecule has 0 bridgehead atoms. The van der Waals surface area contributed by atoms with Crippen molar-refractivity contribution >= 4 is 0 Å². The van der Waals surface area contributed by atoms with Crippen molar-refractivity contribution in [2.75, 3.05) is 0 Å². The van der Waals surface area contributed by atoms with Gasteiger partial charge in [0.15, 0.2) is 5.82 Å². The van der Waals surface area contributed by atoms with Gasteiger partial charge in [-0.2, -0.15) is 5.10 Å². The van der Waals surface area contributed by atoms with Gasteiger partial charge >= 0.3 is 0 Å². The Bertz CT molecular complexity index is 273. The van der Waals surface area contributed by atoms with E-state index < -0.39 is 0 Å². The Morgan fingerprint density at radius 2 is 2.31 bits per heavy atom. The molecule has 1 aliphatic carbocycles. The lowest BCUT2D eigenvalue weighted by Gasteiger charge is -2.34. The van der Waals surface area contributed by atoms with E-state index in [-0.39, 0.29) is 0 Å². The molecule has 71 valence electrons. The van der Waals surface area contributed by atoms with Crippen LogP contribution in [0.5, 0.6) is 0 Å². The highest BCUT2D eigenvalue weighted by Crippen LogP contribution is 2.36. The topological polar surface area (TPSA) is 30.7 Å². The first-order valence-electron chi connectivity index (χ1n) is 4.99. The molecule has 1 saturated carbocycles. The summed E-state index contributed by atoms with van der Waals surface area (Å²) < 4.78 is 1.92. The van der Waals surface area contributed by atoms with Crippen LogP contribution in [0.4, 0.5) is 0 Å². The zero-order valence-electron chi connectivity index (χ0n) is 8.11. The van der Waals surface area contributed by atoms with Crippen molar-refractivity contribution in [2.24, 2.45) is 11.8 Å². The highest BCUT2D eigenvalue weighted by Gasteiger charge is 2.27. The molecular formula is C10H16N3. The minimum absolute atomic E-state index is 0.631. The molecule has 1 heterocycles. The largest absolute Gasteiger partial charge is 0.252 e. The highest BCUT2D eigenvalue weighted by atomic mass is 15.3. The summed E-state index contributed by atoms with van der Waals surface area (Å²) in [5.74, 6) is 2.42. The number of rotatable bonds is 3. The number of aromatic nitrogens is 3. The molecule has 0 spiro atoms. The maximum Gasteiger partial charge on any atom is 0.151 e. The van der Waals surface area contributed by atoms with Crippen molar-refractivity contribution < 1.29 is 0 Å². The van der Waals surface area contributed by atoms with E-state index in [4.69, 9.17) is 0 Å². The fraction of sp³-hybridized carbons (Fsp3) is 0.700. The summed E-state index contributed by atoms with van der Waals surface area (Å²) in [6, 6.07) is 0. The fourth-order valence-corrected chi connectivity index (χ4v) is 2.04. The normalized spacial score (nSPS) is 27.2. The second kappa shape index (κ2) is 3.48. The van der Waals surface area contributed by atoms with Crippen molar-refractivity contribution in [3.8, 4) is 0 Å². The molecule has 1 radical (unpaired) electrons. The van der Waals surface area contributed by atoms with Gasteiger partial charge in [-0.15, -0.1) is 0 Å². The van der Waals surface area contributed by atoms with Gasteiger partial charge in [-0.05, 0) is 24.7 Å². The Kier molecular flexibility index (Phi) is 2.34. The van der Waals surface area contributed by atoms with E-state index in [1.165, 1.54) is 19.3 Å². The monoisotopic (exact) mass is 178 g/mol. The van der Waals surface area contributed by atoms with Crippen LogP contribution < -0.4 is 0 Å². The molecule has 0 N–H and O–H groups in total.